The average molecular weight is 357 g/mol. The molecular formula is C15H10F3NO6. The zero-order chi connectivity index (χ0) is 18.9. The Morgan fingerprint density at radius 3 is 2.08 bits per heavy atom. The van der Waals surface area contributed by atoms with E-state index in [-0.39, 0.29) is 12.2 Å². The predicted octanol–water partition coefficient (Wildman–Crippen LogP) is 3.49. The third kappa shape index (κ3) is 7.12. The molecule has 0 bridgehead atoms. The van der Waals surface area contributed by atoms with Crippen molar-refractivity contribution in [2.24, 2.45) is 0 Å². The lowest BCUT2D eigenvalue weighted by molar-refractivity contribution is -0.384. The van der Waals surface area contributed by atoms with Gasteiger partial charge in [0.15, 0.2) is 0 Å². The summed E-state index contributed by atoms with van der Waals surface area (Å²) in [4.78, 5) is 30.5. The van der Waals surface area contributed by atoms with Gasteiger partial charge in [-0.1, -0.05) is 30.3 Å². The van der Waals surface area contributed by atoms with Gasteiger partial charge in [-0.25, -0.2) is 4.79 Å². The highest BCUT2D eigenvalue weighted by Gasteiger charge is 2.33. The molecule has 0 N–H and O–H groups in total. The highest BCUT2D eigenvalue weighted by atomic mass is 19.4. The fraction of sp³-hybridized carbons (Fsp3) is 0.0667. The zero-order valence-electron chi connectivity index (χ0n) is 12.3. The van der Waals surface area contributed by atoms with Gasteiger partial charge in [-0.05, 0) is 12.1 Å². The number of halogens is 3. The van der Waals surface area contributed by atoms with E-state index < -0.39 is 28.6 Å². The maximum atomic E-state index is 11.9. The van der Waals surface area contributed by atoms with Crippen molar-refractivity contribution in [2.45, 2.75) is 6.36 Å². The molecule has 0 saturated carbocycles. The molecule has 0 aliphatic carbocycles. The first-order valence-electron chi connectivity index (χ1n) is 6.43. The number of hydrogen-bond acceptors (Lipinski definition) is 6. The fourth-order valence-electron chi connectivity index (χ4n) is 1.51. The van der Waals surface area contributed by atoms with Crippen LogP contribution in [0.3, 0.4) is 0 Å². The molecular weight excluding hydrogens is 347 g/mol. The molecule has 25 heavy (non-hydrogen) atoms. The Morgan fingerprint density at radius 1 is 1.04 bits per heavy atom. The van der Waals surface area contributed by atoms with Gasteiger partial charge < -0.3 is 9.47 Å². The van der Waals surface area contributed by atoms with Crippen molar-refractivity contribution in [3.05, 3.63) is 70.3 Å². The van der Waals surface area contributed by atoms with Gasteiger partial charge in [-0.2, -0.15) is 0 Å². The van der Waals surface area contributed by atoms with Gasteiger partial charge in [-0.3, -0.25) is 14.9 Å². The lowest BCUT2D eigenvalue weighted by atomic mass is 10.2. The maximum Gasteiger partial charge on any atom is 0.573 e. The number of alkyl halides is 3. The summed E-state index contributed by atoms with van der Waals surface area (Å²) in [6.45, 7) is -0.174. The van der Waals surface area contributed by atoms with E-state index in [4.69, 9.17) is 0 Å². The second-order valence-corrected chi connectivity index (χ2v) is 4.14. The van der Waals surface area contributed by atoms with Gasteiger partial charge in [-0.15, -0.1) is 13.2 Å². The normalized spacial score (nSPS) is 10.0. The number of ether oxygens (including phenoxy) is 2. The van der Waals surface area contributed by atoms with Crippen LogP contribution in [0.25, 0.3) is 0 Å². The van der Waals surface area contributed by atoms with Crippen molar-refractivity contribution in [2.75, 3.05) is 0 Å². The molecule has 0 heterocycles. The number of rotatable bonds is 4. The molecule has 2 aromatic carbocycles. The topological polar surface area (TPSA) is 95.7 Å². The Kier molecular flexibility index (Phi) is 7.07. The minimum absolute atomic E-state index is 0.137. The number of non-ortho nitro benzene ring substituents is 1. The smallest absolute Gasteiger partial charge is 0.405 e. The van der Waals surface area contributed by atoms with Crippen LogP contribution in [-0.4, -0.2) is 23.7 Å². The van der Waals surface area contributed by atoms with Crippen LogP contribution >= 0.6 is 0 Å². The molecule has 0 amide bonds. The average Bonchev–Trinajstić information content (AvgIpc) is 2.55. The van der Waals surface area contributed by atoms with E-state index in [9.17, 15) is 32.9 Å². The number of nitro groups is 1. The molecule has 7 nitrogen and oxygen atoms in total. The van der Waals surface area contributed by atoms with Crippen molar-refractivity contribution in [3.63, 3.8) is 0 Å². The first kappa shape index (κ1) is 19.6. The quantitative estimate of drug-likeness (QED) is 0.273. The van der Waals surface area contributed by atoms with Gasteiger partial charge in [0.05, 0.1) is 4.92 Å². The van der Waals surface area contributed by atoms with Gasteiger partial charge in [0.2, 0.25) is 0 Å². The maximum absolute atomic E-state index is 11.9. The van der Waals surface area contributed by atoms with Gasteiger partial charge in [0.25, 0.3) is 5.69 Å². The van der Waals surface area contributed by atoms with E-state index in [1.165, 1.54) is 24.3 Å². The molecule has 0 saturated heterocycles. The van der Waals surface area contributed by atoms with Gasteiger partial charge in [0, 0.05) is 12.1 Å². The number of carbonyl (C=O) groups is 2. The summed E-state index contributed by atoms with van der Waals surface area (Å²) in [7, 11) is 0. The number of nitro benzene ring substituents is 1. The molecule has 0 radical (unpaired) electrons. The fourth-order valence-corrected chi connectivity index (χ4v) is 1.51. The van der Waals surface area contributed by atoms with Crippen molar-refractivity contribution in [1.29, 1.82) is 0 Å². The van der Waals surface area contributed by atoms with E-state index in [0.29, 0.717) is 0 Å². The van der Waals surface area contributed by atoms with Crippen LogP contribution in [0.15, 0.2) is 54.6 Å². The molecule has 0 fully saturated rings. The van der Waals surface area contributed by atoms with E-state index in [1.807, 2.05) is 0 Å². The molecule has 2 aromatic rings. The molecule has 132 valence electrons. The highest BCUT2D eigenvalue weighted by molar-refractivity contribution is 5.95. The lowest BCUT2D eigenvalue weighted by Crippen LogP contribution is -2.19. The summed E-state index contributed by atoms with van der Waals surface area (Å²) in [6, 6.07) is 12.5. The minimum atomic E-state index is -4.92. The van der Waals surface area contributed by atoms with Crippen molar-refractivity contribution < 1.29 is 37.2 Å². The second kappa shape index (κ2) is 9.01. The van der Waals surface area contributed by atoms with Crippen LogP contribution in [0.4, 0.5) is 18.9 Å². The van der Waals surface area contributed by atoms with E-state index in [0.717, 1.165) is 12.1 Å². The number of carbonyl (C=O) groups excluding carboxylic acids is 2. The first-order chi connectivity index (χ1) is 11.7. The number of hydrogen-bond donors (Lipinski definition) is 0. The standard InChI is InChI=1S/C9H5F3O4.C6H5NO2/c10-9(11,12)16-7-4-2-1-3-6(7)8(14)15-5-13;8-7(9)6-4-2-1-3-5-6/h1-5H;1-5H. The van der Waals surface area contributed by atoms with Crippen LogP contribution in [0.1, 0.15) is 10.4 Å². The molecule has 0 atom stereocenters. The third-order valence-electron chi connectivity index (χ3n) is 2.45. The number of benzene rings is 2. The molecule has 0 aliphatic rings. The number of nitrogens with zero attached hydrogens (tertiary/aromatic N) is 1. The molecule has 0 spiro atoms. The monoisotopic (exact) mass is 357 g/mol. The molecule has 0 unspecified atom stereocenters. The largest absolute Gasteiger partial charge is 0.573 e. The molecule has 0 aliphatic heterocycles. The van der Waals surface area contributed by atoms with Crippen LogP contribution in [0.5, 0.6) is 5.75 Å². The third-order valence-corrected chi connectivity index (χ3v) is 2.45. The number of para-hydroxylation sites is 2. The van der Waals surface area contributed by atoms with Crippen LogP contribution in [0, 0.1) is 10.1 Å². The molecule has 0 aromatic heterocycles. The SMILES string of the molecule is O=COC(=O)c1ccccc1OC(F)(F)F.O=[N+]([O-])c1ccccc1. The van der Waals surface area contributed by atoms with Crippen LogP contribution < -0.4 is 4.74 Å². The summed E-state index contributed by atoms with van der Waals surface area (Å²) in [5.41, 5.74) is -0.343. The van der Waals surface area contributed by atoms with Gasteiger partial charge in [0.1, 0.15) is 11.3 Å². The second-order valence-electron chi connectivity index (χ2n) is 4.14. The summed E-state index contributed by atoms with van der Waals surface area (Å²) >= 11 is 0. The Labute approximate surface area is 138 Å². The lowest BCUT2D eigenvalue weighted by Gasteiger charge is -2.11. The molecule has 10 heteroatoms. The summed E-state index contributed by atoms with van der Waals surface area (Å²) < 4.78 is 43.3. The zero-order valence-corrected chi connectivity index (χ0v) is 12.3. The van der Waals surface area contributed by atoms with Crippen molar-refractivity contribution in [3.8, 4) is 5.75 Å². The van der Waals surface area contributed by atoms with Crippen molar-refractivity contribution in [1.82, 2.24) is 0 Å². The summed E-state index contributed by atoms with van der Waals surface area (Å²) in [5.74, 6) is -1.93. The van der Waals surface area contributed by atoms with E-state index in [1.54, 1.807) is 18.2 Å². The summed E-state index contributed by atoms with van der Waals surface area (Å²) in [5, 5.41) is 10.0. The van der Waals surface area contributed by atoms with E-state index >= 15 is 0 Å². The Bertz CT molecular complexity index is 734. The Morgan fingerprint density at radius 2 is 1.60 bits per heavy atom. The Hall–Kier alpha value is -3.43. The van der Waals surface area contributed by atoms with Crippen molar-refractivity contribution >= 4 is 18.1 Å². The molecule has 2 rings (SSSR count). The minimum Gasteiger partial charge on any atom is -0.405 e. The van der Waals surface area contributed by atoms with Crippen LogP contribution in [0.2, 0.25) is 0 Å². The Balaban J connectivity index is 0.000000293. The predicted molar refractivity (Wildman–Crippen MR) is 77.7 cm³/mol. The van der Waals surface area contributed by atoms with E-state index in [2.05, 4.69) is 9.47 Å². The van der Waals surface area contributed by atoms with Gasteiger partial charge >= 0.3 is 18.8 Å². The van der Waals surface area contributed by atoms with Crippen LogP contribution in [-0.2, 0) is 9.53 Å². The highest BCUT2D eigenvalue weighted by Crippen LogP contribution is 2.26. The number of esters is 1. The first-order valence-corrected chi connectivity index (χ1v) is 6.43. The summed E-state index contributed by atoms with van der Waals surface area (Å²) in [6.07, 6.45) is -4.92.